The second-order valence-electron chi connectivity index (χ2n) is 2.21. The molecule has 0 aliphatic carbocycles. The van der Waals surface area contributed by atoms with E-state index in [0.29, 0.717) is 0 Å². The van der Waals surface area contributed by atoms with Crippen LogP contribution in [0.25, 0.3) is 0 Å². The van der Waals surface area contributed by atoms with E-state index >= 15 is 0 Å². The Kier molecular flexibility index (Phi) is 1.62. The molecule has 0 radical (unpaired) electrons. The molecule has 2 aliphatic rings. The van der Waals surface area contributed by atoms with Crippen molar-refractivity contribution in [2.24, 2.45) is 15.0 Å². The molecular formula is C7H7N3S. The van der Waals surface area contributed by atoms with Crippen molar-refractivity contribution in [2.45, 2.75) is 6.04 Å². The smallest absolute Gasteiger partial charge is 0.159 e. The number of hydrogen-bond acceptors (Lipinski definition) is 4. The highest BCUT2D eigenvalue weighted by Crippen LogP contribution is 2.24. The Bertz CT molecular complexity index is 288. The number of hydrogen-bond donors (Lipinski definition) is 0. The van der Waals surface area contributed by atoms with Gasteiger partial charge < -0.3 is 0 Å². The lowest BCUT2D eigenvalue weighted by Crippen LogP contribution is -2.17. The molecule has 0 aromatic rings. The average molecular weight is 165 g/mol. The standard InChI is InChI=1S/C7H7N3S/c1-11-5-2-3-8-7-6(5)9-4-10-7/h2-4,6H,1H3. The van der Waals surface area contributed by atoms with Gasteiger partial charge in [-0.05, 0) is 12.3 Å². The highest BCUT2D eigenvalue weighted by atomic mass is 32.2. The van der Waals surface area contributed by atoms with E-state index < -0.39 is 0 Å². The SMILES string of the molecule is CSC1=CC=NC2=NC=NC12. The molecule has 1 unspecified atom stereocenters. The Morgan fingerprint density at radius 1 is 1.55 bits per heavy atom. The molecule has 0 spiro atoms. The van der Waals surface area contributed by atoms with Gasteiger partial charge in [-0.25, -0.2) is 9.98 Å². The highest BCUT2D eigenvalue weighted by Gasteiger charge is 2.23. The first-order chi connectivity index (χ1) is 5.42. The van der Waals surface area contributed by atoms with Crippen LogP contribution in [-0.2, 0) is 0 Å². The van der Waals surface area contributed by atoms with E-state index in [0.717, 1.165) is 5.84 Å². The van der Waals surface area contributed by atoms with Crippen molar-refractivity contribution in [1.82, 2.24) is 0 Å². The second-order valence-corrected chi connectivity index (χ2v) is 3.09. The number of fused-ring (bicyclic) bond motifs is 1. The molecule has 1 atom stereocenters. The van der Waals surface area contributed by atoms with E-state index in [2.05, 4.69) is 15.0 Å². The summed E-state index contributed by atoms with van der Waals surface area (Å²) in [6, 6.07) is 0.0926. The predicted molar refractivity (Wildman–Crippen MR) is 49.8 cm³/mol. The van der Waals surface area contributed by atoms with Gasteiger partial charge >= 0.3 is 0 Å². The number of amidine groups is 1. The molecule has 0 aromatic carbocycles. The number of dihydropyridines is 1. The van der Waals surface area contributed by atoms with Crippen molar-refractivity contribution < 1.29 is 0 Å². The van der Waals surface area contributed by atoms with Gasteiger partial charge in [0.25, 0.3) is 0 Å². The fraction of sp³-hybridized carbons (Fsp3) is 0.286. The van der Waals surface area contributed by atoms with Gasteiger partial charge in [-0.15, -0.1) is 11.8 Å². The van der Waals surface area contributed by atoms with Gasteiger partial charge in [0.05, 0.1) is 0 Å². The average Bonchev–Trinajstić information content (AvgIpc) is 2.50. The lowest BCUT2D eigenvalue weighted by molar-refractivity contribution is 1.08. The molecule has 2 heterocycles. The molecule has 0 saturated carbocycles. The maximum absolute atomic E-state index is 4.18. The first-order valence-corrected chi connectivity index (χ1v) is 4.52. The fourth-order valence-corrected chi connectivity index (χ4v) is 1.65. The van der Waals surface area contributed by atoms with E-state index in [9.17, 15) is 0 Å². The first kappa shape index (κ1) is 6.79. The van der Waals surface area contributed by atoms with Crippen LogP contribution in [0, 0.1) is 0 Å². The van der Waals surface area contributed by atoms with Crippen molar-refractivity contribution in [1.29, 1.82) is 0 Å². The minimum atomic E-state index is 0.0926. The summed E-state index contributed by atoms with van der Waals surface area (Å²) in [5, 5.41) is 0. The van der Waals surface area contributed by atoms with E-state index in [4.69, 9.17) is 0 Å². The van der Waals surface area contributed by atoms with E-state index in [1.807, 2.05) is 12.3 Å². The maximum atomic E-state index is 4.18. The summed E-state index contributed by atoms with van der Waals surface area (Å²) in [5.41, 5.74) is 0. The van der Waals surface area contributed by atoms with Crippen LogP contribution in [0.2, 0.25) is 0 Å². The Morgan fingerprint density at radius 2 is 2.45 bits per heavy atom. The number of nitrogens with zero attached hydrogens (tertiary/aromatic N) is 3. The minimum absolute atomic E-state index is 0.0926. The van der Waals surface area contributed by atoms with E-state index in [1.165, 1.54) is 4.91 Å². The van der Waals surface area contributed by atoms with Crippen molar-refractivity contribution in [2.75, 3.05) is 6.26 Å². The molecule has 2 aliphatic heterocycles. The van der Waals surface area contributed by atoms with Crippen LogP contribution in [0.3, 0.4) is 0 Å². The molecule has 4 heteroatoms. The summed E-state index contributed by atoms with van der Waals surface area (Å²) in [4.78, 5) is 13.5. The largest absolute Gasteiger partial charge is 0.257 e. The molecule has 0 N–H and O–H groups in total. The van der Waals surface area contributed by atoms with E-state index in [-0.39, 0.29) is 6.04 Å². The Hall–Kier alpha value is -0.900. The summed E-state index contributed by atoms with van der Waals surface area (Å²) < 4.78 is 0. The number of allylic oxidation sites excluding steroid dienone is 1. The Morgan fingerprint density at radius 3 is 3.27 bits per heavy atom. The lowest BCUT2D eigenvalue weighted by Gasteiger charge is -2.12. The van der Waals surface area contributed by atoms with Crippen LogP contribution in [-0.4, -0.2) is 30.7 Å². The van der Waals surface area contributed by atoms with Crippen LogP contribution in [0.4, 0.5) is 0 Å². The van der Waals surface area contributed by atoms with Crippen LogP contribution < -0.4 is 0 Å². The maximum Gasteiger partial charge on any atom is 0.159 e. The van der Waals surface area contributed by atoms with Crippen molar-refractivity contribution in [3.63, 3.8) is 0 Å². The molecule has 2 rings (SSSR count). The van der Waals surface area contributed by atoms with Crippen molar-refractivity contribution in [3.05, 3.63) is 11.0 Å². The molecule has 0 saturated heterocycles. The first-order valence-electron chi connectivity index (χ1n) is 3.29. The Labute approximate surface area is 69.0 Å². The van der Waals surface area contributed by atoms with Crippen LogP contribution in [0.15, 0.2) is 26.0 Å². The molecule has 0 bridgehead atoms. The zero-order valence-electron chi connectivity index (χ0n) is 6.06. The third-order valence-electron chi connectivity index (χ3n) is 1.60. The molecule has 0 aromatic heterocycles. The monoisotopic (exact) mass is 165 g/mol. The number of rotatable bonds is 1. The van der Waals surface area contributed by atoms with Crippen LogP contribution in [0.5, 0.6) is 0 Å². The van der Waals surface area contributed by atoms with Crippen molar-refractivity contribution >= 4 is 30.2 Å². The second kappa shape index (κ2) is 2.62. The zero-order valence-corrected chi connectivity index (χ0v) is 6.88. The number of aliphatic imine (C=N–C) groups is 3. The van der Waals surface area contributed by atoms with Crippen LogP contribution in [0.1, 0.15) is 0 Å². The van der Waals surface area contributed by atoms with Gasteiger partial charge in [-0.1, -0.05) is 0 Å². The summed E-state index contributed by atoms with van der Waals surface area (Å²) >= 11 is 1.70. The van der Waals surface area contributed by atoms with Gasteiger partial charge in [-0.3, -0.25) is 4.99 Å². The number of thioether (sulfide) groups is 1. The predicted octanol–water partition coefficient (Wildman–Crippen LogP) is 1.13. The fourth-order valence-electron chi connectivity index (χ4n) is 1.06. The van der Waals surface area contributed by atoms with Gasteiger partial charge in [0, 0.05) is 11.1 Å². The molecule has 0 amide bonds. The molecule has 0 fully saturated rings. The minimum Gasteiger partial charge on any atom is -0.257 e. The van der Waals surface area contributed by atoms with E-state index in [1.54, 1.807) is 24.3 Å². The van der Waals surface area contributed by atoms with Crippen LogP contribution >= 0.6 is 11.8 Å². The summed E-state index contributed by atoms with van der Waals surface area (Å²) in [6.07, 6.45) is 7.37. The van der Waals surface area contributed by atoms with Crippen molar-refractivity contribution in [3.8, 4) is 0 Å². The topological polar surface area (TPSA) is 37.1 Å². The van der Waals surface area contributed by atoms with Gasteiger partial charge in [0.2, 0.25) is 0 Å². The summed E-state index contributed by atoms with van der Waals surface area (Å²) in [7, 11) is 0. The normalized spacial score (nSPS) is 26.5. The molecule has 56 valence electrons. The summed E-state index contributed by atoms with van der Waals surface area (Å²) in [6.45, 7) is 0. The van der Waals surface area contributed by atoms with Gasteiger partial charge in [-0.2, -0.15) is 0 Å². The third kappa shape index (κ3) is 1.03. The van der Waals surface area contributed by atoms with Gasteiger partial charge in [0.1, 0.15) is 12.4 Å². The zero-order chi connectivity index (χ0) is 7.68. The molecular weight excluding hydrogens is 158 g/mol. The third-order valence-corrected chi connectivity index (χ3v) is 2.43. The highest BCUT2D eigenvalue weighted by molar-refractivity contribution is 8.02. The lowest BCUT2D eigenvalue weighted by atomic mass is 10.2. The summed E-state index contributed by atoms with van der Waals surface area (Å²) in [5.74, 6) is 0.817. The van der Waals surface area contributed by atoms with Gasteiger partial charge in [0.15, 0.2) is 5.84 Å². The molecule has 11 heavy (non-hydrogen) atoms. The quantitative estimate of drug-likeness (QED) is 0.573. The Balaban J connectivity index is 2.35. The molecule has 3 nitrogen and oxygen atoms in total.